The highest BCUT2D eigenvalue weighted by molar-refractivity contribution is 5.96. The van der Waals surface area contributed by atoms with Crippen molar-refractivity contribution < 1.29 is 41.5 Å². The van der Waals surface area contributed by atoms with E-state index in [1.807, 2.05) is 0 Å². The molecule has 3 N–H and O–H groups in total. The number of rotatable bonds is 11. The zero-order valence-corrected chi connectivity index (χ0v) is 21.8. The molecule has 0 aromatic carbocycles. The number of carbonyl (C=O) groups is 2. The molecule has 0 unspecified atom stereocenters. The zero-order valence-electron chi connectivity index (χ0n) is 21.8. The van der Waals surface area contributed by atoms with Crippen LogP contribution in [-0.2, 0) is 4.79 Å². The molecule has 2 atom stereocenters. The number of fused-ring (bicyclic) bond motifs is 1. The van der Waals surface area contributed by atoms with Crippen LogP contribution in [0.5, 0.6) is 5.88 Å². The number of ether oxygens (including phenoxy) is 1. The zero-order chi connectivity index (χ0) is 29.0. The molecule has 1 fully saturated rings. The van der Waals surface area contributed by atoms with Crippen LogP contribution in [-0.4, -0.2) is 55.1 Å². The molecule has 3 aromatic heterocycles. The molecule has 1 aliphatic carbocycles. The molecule has 1 aliphatic rings. The van der Waals surface area contributed by atoms with E-state index in [2.05, 4.69) is 25.9 Å². The number of nitrogens with one attached hydrogen (secondary N) is 2. The van der Waals surface area contributed by atoms with Gasteiger partial charge in [0.05, 0.1) is 30.2 Å². The third-order valence-corrected chi connectivity index (χ3v) is 6.53. The van der Waals surface area contributed by atoms with Gasteiger partial charge in [-0.25, -0.2) is 27.1 Å². The Kier molecular flexibility index (Phi) is 8.91. The highest BCUT2D eigenvalue weighted by atomic mass is 19.3. The monoisotopic (exact) mass is 570 g/mol. The molecule has 1 saturated carbocycles. The van der Waals surface area contributed by atoms with Crippen molar-refractivity contribution in [3.05, 3.63) is 41.5 Å². The second-order valence-electron chi connectivity index (χ2n) is 10.0. The lowest BCUT2D eigenvalue weighted by molar-refractivity contribution is -0.124. The number of imidazole rings is 1. The number of nitrogens with zero attached hydrogens (tertiary/aromatic N) is 4. The highest BCUT2D eigenvalue weighted by Gasteiger charge is 2.39. The summed E-state index contributed by atoms with van der Waals surface area (Å²) < 4.78 is 64.4. The molecule has 4 rings (SSSR count). The maximum atomic E-state index is 13.9. The van der Waals surface area contributed by atoms with Crippen LogP contribution in [0.1, 0.15) is 86.3 Å². The van der Waals surface area contributed by atoms with Crippen molar-refractivity contribution in [2.45, 2.75) is 83.1 Å². The standard InChI is InChI=1S/C25H30F4N6O5/c1-13(2)40-24-16(12-39-34-24)23(38)33-21(14-5-7-25(28,29)8-6-14)17-11-35-19(31-17)9-15(10-30-35)22(37)32-20(36)4-3-18(26)27/h9-14,18,21-22,37H,3-8H2,1-2H3,(H,32,36)(H,33,38)/t21-,22+/m0/s1. The van der Waals surface area contributed by atoms with Crippen molar-refractivity contribution in [3.63, 3.8) is 0 Å². The van der Waals surface area contributed by atoms with Crippen LogP contribution in [0, 0.1) is 5.92 Å². The van der Waals surface area contributed by atoms with Gasteiger partial charge in [-0.3, -0.25) is 9.59 Å². The van der Waals surface area contributed by atoms with E-state index in [0.29, 0.717) is 5.69 Å². The average Bonchev–Trinajstić information content (AvgIpc) is 3.52. The Morgan fingerprint density at radius 1 is 1.25 bits per heavy atom. The van der Waals surface area contributed by atoms with E-state index in [1.54, 1.807) is 13.8 Å². The molecule has 218 valence electrons. The minimum Gasteiger partial charge on any atom is -0.472 e. The number of aliphatic hydroxyl groups is 1. The van der Waals surface area contributed by atoms with Crippen molar-refractivity contribution in [1.29, 1.82) is 0 Å². The van der Waals surface area contributed by atoms with Crippen LogP contribution in [0.3, 0.4) is 0 Å². The molecular formula is C25H30F4N6O5. The van der Waals surface area contributed by atoms with Crippen molar-refractivity contribution in [1.82, 2.24) is 30.4 Å². The molecule has 0 spiro atoms. The van der Waals surface area contributed by atoms with Crippen LogP contribution in [0.4, 0.5) is 17.6 Å². The van der Waals surface area contributed by atoms with Gasteiger partial charge in [0.25, 0.3) is 11.8 Å². The van der Waals surface area contributed by atoms with E-state index in [9.17, 15) is 32.3 Å². The van der Waals surface area contributed by atoms with E-state index >= 15 is 0 Å². The number of aromatic nitrogens is 4. The van der Waals surface area contributed by atoms with Gasteiger partial charge in [0, 0.05) is 31.2 Å². The SMILES string of the molecule is CC(C)Oc1nocc1C(=O)N[C@H](c1cn2ncc([C@@H](O)NC(=O)CCC(F)F)cc2n1)C1CCC(F)(F)CC1. The lowest BCUT2D eigenvalue weighted by Gasteiger charge is -2.33. The number of aliphatic hydroxyl groups excluding tert-OH is 1. The van der Waals surface area contributed by atoms with Crippen LogP contribution in [0.15, 0.2) is 29.2 Å². The summed E-state index contributed by atoms with van der Waals surface area (Å²) in [5.41, 5.74) is 0.761. The van der Waals surface area contributed by atoms with Crippen molar-refractivity contribution >= 4 is 17.5 Å². The van der Waals surface area contributed by atoms with Crippen LogP contribution < -0.4 is 15.4 Å². The maximum absolute atomic E-state index is 13.9. The summed E-state index contributed by atoms with van der Waals surface area (Å²) in [6.45, 7) is 3.51. The predicted molar refractivity (Wildman–Crippen MR) is 131 cm³/mol. The van der Waals surface area contributed by atoms with Crippen molar-refractivity contribution in [3.8, 4) is 5.88 Å². The van der Waals surface area contributed by atoms with Crippen molar-refractivity contribution in [2.24, 2.45) is 5.92 Å². The van der Waals surface area contributed by atoms with Gasteiger partial charge in [-0.15, -0.1) is 0 Å². The average molecular weight is 571 g/mol. The molecule has 2 amide bonds. The van der Waals surface area contributed by atoms with E-state index in [4.69, 9.17) is 9.26 Å². The molecule has 0 bridgehead atoms. The van der Waals surface area contributed by atoms with Crippen LogP contribution >= 0.6 is 0 Å². The topological polar surface area (TPSA) is 144 Å². The van der Waals surface area contributed by atoms with Gasteiger partial charge in [-0.2, -0.15) is 5.10 Å². The number of amides is 2. The number of hydrogen-bond donors (Lipinski definition) is 3. The highest BCUT2D eigenvalue weighted by Crippen LogP contribution is 2.41. The van der Waals surface area contributed by atoms with E-state index in [-0.39, 0.29) is 60.4 Å². The van der Waals surface area contributed by atoms with E-state index < -0.39 is 49.3 Å². The molecule has 0 radical (unpaired) electrons. The fourth-order valence-corrected chi connectivity index (χ4v) is 4.49. The third-order valence-electron chi connectivity index (χ3n) is 6.53. The van der Waals surface area contributed by atoms with E-state index in [0.717, 1.165) is 6.26 Å². The summed E-state index contributed by atoms with van der Waals surface area (Å²) in [5, 5.41) is 23.3. The lowest BCUT2D eigenvalue weighted by Crippen LogP contribution is -2.37. The van der Waals surface area contributed by atoms with Gasteiger partial charge in [-0.05, 0) is 43.8 Å². The molecule has 3 aromatic rings. The molecule has 15 heteroatoms. The third kappa shape index (κ3) is 7.25. The van der Waals surface area contributed by atoms with Gasteiger partial charge in [0.15, 0.2) is 11.9 Å². The van der Waals surface area contributed by atoms with Gasteiger partial charge in [-0.1, -0.05) is 0 Å². The fraction of sp³-hybridized carbons (Fsp3) is 0.560. The number of alkyl halides is 4. The predicted octanol–water partition coefficient (Wildman–Crippen LogP) is 3.95. The number of halogens is 4. The van der Waals surface area contributed by atoms with Gasteiger partial charge in [0.1, 0.15) is 11.8 Å². The first-order chi connectivity index (χ1) is 18.9. The molecule has 11 nitrogen and oxygen atoms in total. The Morgan fingerprint density at radius 3 is 2.65 bits per heavy atom. The Morgan fingerprint density at radius 2 is 1.98 bits per heavy atom. The number of hydrogen-bond acceptors (Lipinski definition) is 8. The molecule has 0 aliphatic heterocycles. The minimum absolute atomic E-state index is 0.00711. The summed E-state index contributed by atoms with van der Waals surface area (Å²) in [7, 11) is 0. The molecular weight excluding hydrogens is 540 g/mol. The van der Waals surface area contributed by atoms with Crippen LogP contribution in [0.25, 0.3) is 5.65 Å². The number of carbonyl (C=O) groups excluding carboxylic acids is 2. The second kappa shape index (κ2) is 12.2. The first-order valence-electron chi connectivity index (χ1n) is 12.8. The normalized spacial score (nSPS) is 17.2. The van der Waals surface area contributed by atoms with Gasteiger partial charge >= 0.3 is 0 Å². The maximum Gasteiger partial charge on any atom is 0.267 e. The minimum atomic E-state index is -2.79. The summed E-state index contributed by atoms with van der Waals surface area (Å²) in [6, 6.07) is 0.645. The first kappa shape index (κ1) is 29.2. The lowest BCUT2D eigenvalue weighted by atomic mass is 9.81. The van der Waals surface area contributed by atoms with Gasteiger partial charge < -0.3 is 25.0 Å². The second-order valence-corrected chi connectivity index (χ2v) is 10.0. The first-order valence-corrected chi connectivity index (χ1v) is 12.8. The molecule has 0 saturated heterocycles. The smallest absolute Gasteiger partial charge is 0.267 e. The van der Waals surface area contributed by atoms with Crippen molar-refractivity contribution in [2.75, 3.05) is 0 Å². The fourth-order valence-electron chi connectivity index (χ4n) is 4.49. The Labute approximate surface area is 226 Å². The largest absolute Gasteiger partial charge is 0.472 e. The Balaban J connectivity index is 1.57. The summed E-state index contributed by atoms with van der Waals surface area (Å²) in [6.07, 6.45) is -2.04. The summed E-state index contributed by atoms with van der Waals surface area (Å²) in [4.78, 5) is 29.6. The summed E-state index contributed by atoms with van der Waals surface area (Å²) >= 11 is 0. The van der Waals surface area contributed by atoms with E-state index in [1.165, 1.54) is 23.0 Å². The Hall–Kier alpha value is -3.75. The molecule has 3 heterocycles. The van der Waals surface area contributed by atoms with Gasteiger partial charge in [0.2, 0.25) is 18.3 Å². The van der Waals surface area contributed by atoms with Crippen LogP contribution in [0.2, 0.25) is 0 Å². The quantitative estimate of drug-likeness (QED) is 0.232. The summed E-state index contributed by atoms with van der Waals surface area (Å²) in [5.74, 6) is -4.52. The Bertz CT molecular complexity index is 1320. The molecule has 40 heavy (non-hydrogen) atoms.